The molecule has 0 aliphatic carbocycles. The lowest BCUT2D eigenvalue weighted by Gasteiger charge is -2.15. The van der Waals surface area contributed by atoms with Crippen molar-refractivity contribution in [2.45, 2.75) is 19.4 Å². The minimum absolute atomic E-state index is 0.174. The summed E-state index contributed by atoms with van der Waals surface area (Å²) in [6.45, 7) is 1.96. The fraction of sp³-hybridized carbons (Fsp3) is 0.308. The molecule has 0 saturated heterocycles. The van der Waals surface area contributed by atoms with E-state index in [9.17, 15) is 4.79 Å². The number of aryl methyl sites for hydroxylation is 1. The Bertz CT molecular complexity index is 573. The molecule has 0 spiro atoms. The van der Waals surface area contributed by atoms with Crippen LogP contribution in [0.25, 0.3) is 10.9 Å². The Kier molecular flexibility index (Phi) is 3.36. The number of amides is 1. The molecule has 1 atom stereocenters. The van der Waals surface area contributed by atoms with Crippen LogP contribution in [0.1, 0.15) is 23.7 Å². The molecule has 2 rings (SSSR count). The normalized spacial score (nSPS) is 12.7. The lowest BCUT2D eigenvalue weighted by atomic mass is 10.0. The predicted molar refractivity (Wildman–Crippen MR) is 71.5 cm³/mol. The second-order valence-corrected chi connectivity index (χ2v) is 4.52. The van der Waals surface area contributed by atoms with Crippen LogP contribution in [0.4, 0.5) is 0 Å². The van der Waals surface area contributed by atoms with Crippen LogP contribution >= 0.6 is 0 Å². The highest BCUT2D eigenvalue weighted by Gasteiger charge is 2.19. The van der Waals surface area contributed by atoms with Gasteiger partial charge in [0.2, 0.25) is 5.91 Å². The van der Waals surface area contributed by atoms with Crippen LogP contribution in [-0.2, 0) is 4.79 Å². The van der Waals surface area contributed by atoms with Gasteiger partial charge in [-0.05, 0) is 18.6 Å². The lowest BCUT2D eigenvalue weighted by molar-refractivity contribution is -0.130. The van der Waals surface area contributed by atoms with Crippen molar-refractivity contribution in [1.82, 2.24) is 9.99 Å². The summed E-state index contributed by atoms with van der Waals surface area (Å²) in [6.07, 6.45) is 0.204. The molecule has 0 radical (unpaired) electrons. The number of H-pyrrole nitrogens is 1. The van der Waals surface area contributed by atoms with Crippen molar-refractivity contribution in [3.05, 3.63) is 35.5 Å². The number of carbonyl (C=O) groups is 1. The van der Waals surface area contributed by atoms with E-state index in [1.807, 2.05) is 31.2 Å². The van der Waals surface area contributed by atoms with Gasteiger partial charge in [0.1, 0.15) is 0 Å². The summed E-state index contributed by atoms with van der Waals surface area (Å²) in [5.74, 6) is 5.23. The monoisotopic (exact) mass is 246 g/mol. The zero-order valence-electron chi connectivity index (χ0n) is 10.6. The molecule has 1 unspecified atom stereocenters. The van der Waals surface area contributed by atoms with Crippen molar-refractivity contribution in [2.75, 3.05) is 7.05 Å². The number of aromatic nitrogens is 1. The summed E-state index contributed by atoms with van der Waals surface area (Å²) >= 11 is 0. The number of rotatable bonds is 3. The van der Waals surface area contributed by atoms with E-state index in [1.165, 1.54) is 7.05 Å². The van der Waals surface area contributed by atoms with E-state index in [0.29, 0.717) is 0 Å². The first-order valence-electron chi connectivity index (χ1n) is 5.84. The van der Waals surface area contributed by atoms with Gasteiger partial charge >= 0.3 is 0 Å². The average Bonchev–Trinajstić information content (AvgIpc) is 2.64. The van der Waals surface area contributed by atoms with Crippen LogP contribution in [0.5, 0.6) is 0 Å². The summed E-state index contributed by atoms with van der Waals surface area (Å²) in [4.78, 5) is 14.9. The van der Waals surface area contributed by atoms with Gasteiger partial charge < -0.3 is 10.7 Å². The molecule has 2 aromatic rings. The molecule has 0 saturated carbocycles. The molecule has 18 heavy (non-hydrogen) atoms. The maximum Gasteiger partial charge on any atom is 0.238 e. The number of nitrogens with two attached hydrogens (primary N) is 2. The van der Waals surface area contributed by atoms with Crippen LogP contribution < -0.4 is 11.6 Å². The number of nitrogens with one attached hydrogen (secondary N) is 1. The number of aromatic amines is 1. The van der Waals surface area contributed by atoms with E-state index < -0.39 is 0 Å². The van der Waals surface area contributed by atoms with Crippen LogP contribution in [0.3, 0.4) is 0 Å². The third-order valence-electron chi connectivity index (χ3n) is 3.10. The number of para-hydroxylation sites is 1. The van der Waals surface area contributed by atoms with E-state index in [0.717, 1.165) is 27.2 Å². The Morgan fingerprint density at radius 1 is 1.44 bits per heavy atom. The standard InChI is InChI=1S/C13H18N4O/c1-8-13(10(14)7-12(18)17(2)15)9-5-3-4-6-11(9)16-8/h3-6,10,16H,7,14-15H2,1-2H3. The fourth-order valence-corrected chi connectivity index (χ4v) is 2.21. The Morgan fingerprint density at radius 3 is 2.78 bits per heavy atom. The third kappa shape index (κ3) is 2.23. The summed E-state index contributed by atoms with van der Waals surface area (Å²) in [6, 6.07) is 7.58. The van der Waals surface area contributed by atoms with Gasteiger partial charge in [0.05, 0.1) is 0 Å². The largest absolute Gasteiger partial charge is 0.358 e. The zero-order valence-corrected chi connectivity index (χ0v) is 10.6. The first kappa shape index (κ1) is 12.6. The zero-order chi connectivity index (χ0) is 13.3. The summed E-state index contributed by atoms with van der Waals surface area (Å²) in [5.41, 5.74) is 9.14. The number of hydrogen-bond donors (Lipinski definition) is 3. The molecule has 0 aliphatic rings. The molecule has 96 valence electrons. The predicted octanol–water partition coefficient (Wildman–Crippen LogP) is 1.20. The maximum atomic E-state index is 11.6. The molecule has 1 aromatic carbocycles. The molecule has 1 heterocycles. The smallest absolute Gasteiger partial charge is 0.238 e. The van der Waals surface area contributed by atoms with Crippen LogP contribution in [0, 0.1) is 6.92 Å². The molecule has 1 amide bonds. The first-order valence-corrected chi connectivity index (χ1v) is 5.84. The summed E-state index contributed by atoms with van der Waals surface area (Å²) in [7, 11) is 1.52. The minimum Gasteiger partial charge on any atom is -0.358 e. The minimum atomic E-state index is -0.348. The second-order valence-electron chi connectivity index (χ2n) is 4.52. The van der Waals surface area contributed by atoms with Crippen molar-refractivity contribution in [2.24, 2.45) is 11.6 Å². The van der Waals surface area contributed by atoms with Crippen molar-refractivity contribution in [3.63, 3.8) is 0 Å². The molecule has 5 N–H and O–H groups in total. The third-order valence-corrected chi connectivity index (χ3v) is 3.10. The van der Waals surface area contributed by atoms with E-state index in [4.69, 9.17) is 11.6 Å². The molecule has 5 heteroatoms. The van der Waals surface area contributed by atoms with Crippen LogP contribution in [-0.4, -0.2) is 22.9 Å². The number of hydrazine groups is 1. The average molecular weight is 246 g/mol. The molecule has 5 nitrogen and oxygen atoms in total. The topological polar surface area (TPSA) is 88.1 Å². The van der Waals surface area contributed by atoms with Crippen molar-refractivity contribution in [3.8, 4) is 0 Å². The summed E-state index contributed by atoms with van der Waals surface area (Å²) in [5, 5.41) is 2.14. The fourth-order valence-electron chi connectivity index (χ4n) is 2.21. The lowest BCUT2D eigenvalue weighted by Crippen LogP contribution is -2.35. The van der Waals surface area contributed by atoms with Gasteiger partial charge in [-0.3, -0.25) is 9.80 Å². The molecule has 0 aliphatic heterocycles. The van der Waals surface area contributed by atoms with E-state index >= 15 is 0 Å². The quantitative estimate of drug-likeness (QED) is 0.432. The molecule has 0 fully saturated rings. The van der Waals surface area contributed by atoms with Crippen molar-refractivity contribution < 1.29 is 4.79 Å². The van der Waals surface area contributed by atoms with Gasteiger partial charge in [0.15, 0.2) is 0 Å². The van der Waals surface area contributed by atoms with E-state index in [2.05, 4.69) is 4.98 Å². The first-order chi connectivity index (χ1) is 8.50. The Labute approximate surface area is 106 Å². The highest BCUT2D eigenvalue weighted by molar-refractivity contribution is 5.86. The van der Waals surface area contributed by atoms with Crippen LogP contribution in [0.2, 0.25) is 0 Å². The Hall–Kier alpha value is -1.85. The van der Waals surface area contributed by atoms with Gasteiger partial charge in [-0.25, -0.2) is 5.84 Å². The molecule has 1 aromatic heterocycles. The molecular formula is C13H18N4O. The highest BCUT2D eigenvalue weighted by atomic mass is 16.2. The van der Waals surface area contributed by atoms with E-state index in [1.54, 1.807) is 0 Å². The number of benzene rings is 1. The van der Waals surface area contributed by atoms with Gasteiger partial charge in [0.25, 0.3) is 0 Å². The highest BCUT2D eigenvalue weighted by Crippen LogP contribution is 2.28. The van der Waals surface area contributed by atoms with Crippen molar-refractivity contribution >= 4 is 16.8 Å². The van der Waals surface area contributed by atoms with Gasteiger partial charge in [0, 0.05) is 36.1 Å². The maximum absolute atomic E-state index is 11.6. The summed E-state index contributed by atoms with van der Waals surface area (Å²) < 4.78 is 0. The van der Waals surface area contributed by atoms with E-state index in [-0.39, 0.29) is 18.4 Å². The van der Waals surface area contributed by atoms with Crippen molar-refractivity contribution in [1.29, 1.82) is 0 Å². The number of nitrogens with zero attached hydrogens (tertiary/aromatic N) is 1. The molecule has 0 bridgehead atoms. The second kappa shape index (κ2) is 4.80. The molecular weight excluding hydrogens is 228 g/mol. The number of fused-ring (bicyclic) bond motifs is 1. The Morgan fingerprint density at radius 2 is 2.11 bits per heavy atom. The Balaban J connectivity index is 2.35. The number of hydrogen-bond acceptors (Lipinski definition) is 3. The number of carbonyl (C=O) groups excluding carboxylic acids is 1. The van der Waals surface area contributed by atoms with Gasteiger partial charge in [-0.1, -0.05) is 18.2 Å². The van der Waals surface area contributed by atoms with Gasteiger partial charge in [-0.2, -0.15) is 0 Å². The van der Waals surface area contributed by atoms with Gasteiger partial charge in [-0.15, -0.1) is 0 Å². The van der Waals surface area contributed by atoms with Crippen LogP contribution in [0.15, 0.2) is 24.3 Å². The SMILES string of the molecule is Cc1[nH]c2ccccc2c1C(N)CC(=O)N(C)N.